The molecule has 18 heavy (non-hydrogen) atoms. The van der Waals surface area contributed by atoms with Crippen molar-refractivity contribution in [3.8, 4) is 0 Å². The van der Waals surface area contributed by atoms with Crippen LogP contribution in [0.1, 0.15) is 19.4 Å². The fourth-order valence-corrected chi connectivity index (χ4v) is 2.32. The second-order valence-corrected chi connectivity index (χ2v) is 5.13. The quantitative estimate of drug-likeness (QED) is 0.883. The Bertz CT molecular complexity index is 453. The van der Waals surface area contributed by atoms with Crippen molar-refractivity contribution in [2.24, 2.45) is 5.92 Å². The lowest BCUT2D eigenvalue weighted by molar-refractivity contribution is -0.129. The van der Waals surface area contributed by atoms with Crippen LogP contribution in [0.4, 0.5) is 0 Å². The summed E-state index contributed by atoms with van der Waals surface area (Å²) < 4.78 is 0. The highest BCUT2D eigenvalue weighted by molar-refractivity contribution is 5.87. The number of hydrogen-bond donors (Lipinski definition) is 1. The van der Waals surface area contributed by atoms with Gasteiger partial charge < -0.3 is 4.90 Å². The minimum atomic E-state index is -0.111. The Morgan fingerprint density at radius 2 is 1.94 bits per heavy atom. The summed E-state index contributed by atoms with van der Waals surface area (Å²) in [4.78, 5) is 13.9. The van der Waals surface area contributed by atoms with Gasteiger partial charge in [-0.3, -0.25) is 10.1 Å². The molecule has 0 radical (unpaired) electrons. The highest BCUT2D eigenvalue weighted by Gasteiger charge is 2.39. The molecule has 1 fully saturated rings. The molecule has 1 saturated heterocycles. The largest absolute Gasteiger partial charge is 0.325 e. The Morgan fingerprint density at radius 1 is 1.33 bits per heavy atom. The van der Waals surface area contributed by atoms with E-state index in [9.17, 15) is 4.79 Å². The molecule has 0 unspecified atom stereocenters. The van der Waals surface area contributed by atoms with Gasteiger partial charge in [-0.15, -0.1) is 0 Å². The maximum absolute atomic E-state index is 12.1. The number of nitrogens with one attached hydrogen (secondary N) is 1. The van der Waals surface area contributed by atoms with Gasteiger partial charge in [-0.25, -0.2) is 0 Å². The van der Waals surface area contributed by atoms with Crippen molar-refractivity contribution in [2.45, 2.75) is 26.1 Å². The fraction of sp³-hybridized carbons (Fsp3) is 0.400. The zero-order valence-electron chi connectivity index (χ0n) is 11.2. The highest BCUT2D eigenvalue weighted by Crippen LogP contribution is 2.25. The summed E-state index contributed by atoms with van der Waals surface area (Å²) in [6.45, 7) is 8.23. The minimum Gasteiger partial charge on any atom is -0.325 e. The molecule has 1 aromatic carbocycles. The Kier molecular flexibility index (Phi) is 3.53. The second-order valence-electron chi connectivity index (χ2n) is 5.13. The Morgan fingerprint density at radius 3 is 2.44 bits per heavy atom. The molecular weight excluding hydrogens is 224 g/mol. The van der Waals surface area contributed by atoms with Crippen molar-refractivity contribution in [1.82, 2.24) is 10.2 Å². The zero-order valence-corrected chi connectivity index (χ0v) is 11.2. The molecule has 1 aromatic rings. The second kappa shape index (κ2) is 4.94. The van der Waals surface area contributed by atoms with E-state index in [2.05, 4.69) is 25.7 Å². The maximum atomic E-state index is 12.1. The minimum absolute atomic E-state index is 0.104. The lowest BCUT2D eigenvalue weighted by Crippen LogP contribution is -2.36. The van der Waals surface area contributed by atoms with Crippen LogP contribution in [-0.4, -0.2) is 30.1 Å². The predicted octanol–water partition coefficient (Wildman–Crippen LogP) is 2.11. The number of nitrogens with zero attached hydrogens (tertiary/aromatic N) is 1. The zero-order chi connectivity index (χ0) is 13.3. The molecule has 0 aromatic heterocycles. The number of carbonyl (C=O) groups excluding carboxylic acids is 1. The average molecular weight is 244 g/mol. The Labute approximate surface area is 108 Å². The summed E-state index contributed by atoms with van der Waals surface area (Å²) in [5, 5.41) is 3.37. The van der Waals surface area contributed by atoms with E-state index in [1.165, 1.54) is 0 Å². The number of amides is 1. The van der Waals surface area contributed by atoms with Crippen molar-refractivity contribution in [1.29, 1.82) is 0 Å². The lowest BCUT2D eigenvalue weighted by atomic mass is 10.0. The van der Waals surface area contributed by atoms with Gasteiger partial charge in [0.1, 0.15) is 6.17 Å². The molecule has 0 saturated carbocycles. The molecule has 96 valence electrons. The molecule has 0 aliphatic carbocycles. The van der Waals surface area contributed by atoms with Gasteiger partial charge >= 0.3 is 0 Å². The molecule has 1 amide bonds. The third-order valence-corrected chi connectivity index (χ3v) is 3.48. The van der Waals surface area contributed by atoms with Gasteiger partial charge in [0.05, 0.1) is 6.04 Å². The van der Waals surface area contributed by atoms with Crippen LogP contribution >= 0.6 is 0 Å². The third kappa shape index (κ3) is 2.18. The number of hydrogen-bond acceptors (Lipinski definition) is 2. The van der Waals surface area contributed by atoms with Gasteiger partial charge in [0.15, 0.2) is 0 Å². The summed E-state index contributed by atoms with van der Waals surface area (Å²) in [7, 11) is 1.83. The summed E-state index contributed by atoms with van der Waals surface area (Å²) in [5.41, 5.74) is 2.01. The standard InChI is InChI=1S/C15H20N2O/c1-10(2)13-15(18)17(4)14(16-13)11(3)12-8-6-5-7-9-12/h5-10,13-14,16H,3H2,1-2,4H3/t13-,14-/m0/s1. The predicted molar refractivity (Wildman–Crippen MR) is 73.8 cm³/mol. The van der Waals surface area contributed by atoms with Crippen molar-refractivity contribution < 1.29 is 4.79 Å². The molecular formula is C15H20N2O. The summed E-state index contributed by atoms with van der Waals surface area (Å²) >= 11 is 0. The first-order valence-electron chi connectivity index (χ1n) is 6.29. The number of likely N-dealkylation sites (N-methyl/N-ethyl adjacent to an activating group) is 1. The van der Waals surface area contributed by atoms with Crippen LogP contribution in [0.25, 0.3) is 5.57 Å². The first-order valence-corrected chi connectivity index (χ1v) is 6.29. The van der Waals surface area contributed by atoms with E-state index in [0.717, 1.165) is 11.1 Å². The number of benzene rings is 1. The van der Waals surface area contributed by atoms with Crippen LogP contribution in [0.2, 0.25) is 0 Å². The van der Waals surface area contributed by atoms with Crippen molar-refractivity contribution >= 4 is 11.5 Å². The van der Waals surface area contributed by atoms with E-state index in [-0.39, 0.29) is 24.0 Å². The SMILES string of the molecule is C=C(c1ccccc1)[C@H]1N[C@@H](C(C)C)C(=O)N1C. The fourth-order valence-electron chi connectivity index (χ4n) is 2.32. The van der Waals surface area contributed by atoms with Crippen LogP contribution in [0.5, 0.6) is 0 Å². The van der Waals surface area contributed by atoms with Crippen molar-refractivity contribution in [3.05, 3.63) is 42.5 Å². The van der Waals surface area contributed by atoms with Gasteiger partial charge in [0.25, 0.3) is 0 Å². The van der Waals surface area contributed by atoms with Crippen LogP contribution in [0.3, 0.4) is 0 Å². The number of rotatable bonds is 3. The van der Waals surface area contributed by atoms with Crippen LogP contribution in [0.15, 0.2) is 36.9 Å². The van der Waals surface area contributed by atoms with Crippen LogP contribution < -0.4 is 5.32 Å². The van der Waals surface area contributed by atoms with Crippen molar-refractivity contribution in [3.63, 3.8) is 0 Å². The molecule has 3 nitrogen and oxygen atoms in total. The molecule has 0 spiro atoms. The van der Waals surface area contributed by atoms with Gasteiger partial charge in [0.2, 0.25) is 5.91 Å². The first kappa shape index (κ1) is 12.8. The molecule has 2 rings (SSSR count). The molecule has 0 bridgehead atoms. The van der Waals surface area contributed by atoms with Gasteiger partial charge in [-0.2, -0.15) is 0 Å². The molecule has 1 heterocycles. The molecule has 3 heteroatoms. The topological polar surface area (TPSA) is 32.3 Å². The smallest absolute Gasteiger partial charge is 0.241 e. The normalized spacial score (nSPS) is 23.8. The van der Waals surface area contributed by atoms with E-state index >= 15 is 0 Å². The van der Waals surface area contributed by atoms with E-state index in [4.69, 9.17) is 0 Å². The lowest BCUT2D eigenvalue weighted by Gasteiger charge is -2.22. The molecule has 1 N–H and O–H groups in total. The van der Waals surface area contributed by atoms with Crippen LogP contribution in [0, 0.1) is 5.92 Å². The summed E-state index contributed by atoms with van der Waals surface area (Å²) in [6.07, 6.45) is -0.104. The Balaban J connectivity index is 2.20. The van der Waals surface area contributed by atoms with Crippen molar-refractivity contribution in [2.75, 3.05) is 7.05 Å². The third-order valence-electron chi connectivity index (χ3n) is 3.48. The van der Waals surface area contributed by atoms with E-state index in [1.54, 1.807) is 4.90 Å². The van der Waals surface area contributed by atoms with Crippen LogP contribution in [-0.2, 0) is 4.79 Å². The maximum Gasteiger partial charge on any atom is 0.241 e. The van der Waals surface area contributed by atoms with E-state index in [1.807, 2.05) is 37.4 Å². The molecule has 1 aliphatic rings. The Hall–Kier alpha value is -1.61. The van der Waals surface area contributed by atoms with E-state index in [0.29, 0.717) is 0 Å². The highest BCUT2D eigenvalue weighted by atomic mass is 16.2. The average Bonchev–Trinajstić information content (AvgIpc) is 2.67. The molecule has 2 atom stereocenters. The first-order chi connectivity index (χ1) is 8.52. The monoisotopic (exact) mass is 244 g/mol. The molecule has 1 aliphatic heterocycles. The van der Waals surface area contributed by atoms with Gasteiger partial charge in [-0.1, -0.05) is 50.8 Å². The number of carbonyl (C=O) groups is 1. The van der Waals surface area contributed by atoms with E-state index < -0.39 is 0 Å². The summed E-state index contributed by atoms with van der Waals surface area (Å²) in [6, 6.07) is 9.87. The van der Waals surface area contributed by atoms with Gasteiger partial charge in [0, 0.05) is 7.05 Å². The van der Waals surface area contributed by atoms with Gasteiger partial charge in [-0.05, 0) is 17.1 Å². The summed E-state index contributed by atoms with van der Waals surface area (Å²) in [5.74, 6) is 0.431.